The molecule has 4 nitrogen and oxygen atoms in total. The summed E-state index contributed by atoms with van der Waals surface area (Å²) in [5.74, 6) is 0.101. The predicted molar refractivity (Wildman–Crippen MR) is 76.3 cm³/mol. The molecule has 0 radical (unpaired) electrons. The molecule has 0 bridgehead atoms. The second kappa shape index (κ2) is 6.17. The molecule has 1 heterocycles. The molecule has 1 aliphatic rings. The number of benzene rings is 1. The zero-order valence-corrected chi connectivity index (χ0v) is 11.7. The van der Waals surface area contributed by atoms with Gasteiger partial charge in [-0.2, -0.15) is 0 Å². The Morgan fingerprint density at radius 2 is 2.32 bits per heavy atom. The maximum Gasteiger partial charge on any atom is 0.229 e. The number of fused-ring (bicyclic) bond motifs is 1. The molecule has 0 saturated carbocycles. The summed E-state index contributed by atoms with van der Waals surface area (Å²) >= 11 is 0. The standard InChI is InChI=1S/C15H22N2O2/c1-11-5-6-12-4-3-7-17(14(12)8-11)15(18)9-13(10-16)19-2/h5-6,8,13H,3-4,7,9-10,16H2,1-2H3. The average Bonchev–Trinajstić information content (AvgIpc) is 2.43. The van der Waals surface area contributed by atoms with Crippen molar-refractivity contribution >= 4 is 11.6 Å². The highest BCUT2D eigenvalue weighted by atomic mass is 16.5. The van der Waals surface area contributed by atoms with Gasteiger partial charge >= 0.3 is 0 Å². The maximum absolute atomic E-state index is 12.4. The average molecular weight is 262 g/mol. The van der Waals surface area contributed by atoms with Crippen molar-refractivity contribution in [3.63, 3.8) is 0 Å². The molecule has 0 spiro atoms. The fourth-order valence-electron chi connectivity index (χ4n) is 2.51. The number of rotatable bonds is 4. The van der Waals surface area contributed by atoms with Crippen molar-refractivity contribution in [2.75, 3.05) is 25.1 Å². The van der Waals surface area contributed by atoms with Gasteiger partial charge in [0.1, 0.15) is 0 Å². The van der Waals surface area contributed by atoms with Crippen molar-refractivity contribution in [1.29, 1.82) is 0 Å². The Kier molecular flexibility index (Phi) is 4.56. The summed E-state index contributed by atoms with van der Waals surface area (Å²) in [7, 11) is 1.60. The minimum atomic E-state index is -0.192. The van der Waals surface area contributed by atoms with Crippen LogP contribution in [0.4, 0.5) is 5.69 Å². The summed E-state index contributed by atoms with van der Waals surface area (Å²) in [5.41, 5.74) is 9.08. The van der Waals surface area contributed by atoms with Crippen LogP contribution in [0.25, 0.3) is 0 Å². The summed E-state index contributed by atoms with van der Waals surface area (Å²) in [6.45, 7) is 3.21. The summed E-state index contributed by atoms with van der Waals surface area (Å²) in [6, 6.07) is 6.32. The Balaban J connectivity index is 2.18. The van der Waals surface area contributed by atoms with Crippen LogP contribution >= 0.6 is 0 Å². The van der Waals surface area contributed by atoms with Gasteiger partial charge in [-0.05, 0) is 37.0 Å². The lowest BCUT2D eigenvalue weighted by Gasteiger charge is -2.30. The highest BCUT2D eigenvalue weighted by molar-refractivity contribution is 5.95. The van der Waals surface area contributed by atoms with Crippen LogP contribution < -0.4 is 10.6 Å². The molecule has 1 atom stereocenters. The topological polar surface area (TPSA) is 55.6 Å². The Bertz CT molecular complexity index is 455. The third-order valence-corrected chi connectivity index (χ3v) is 3.66. The largest absolute Gasteiger partial charge is 0.380 e. The van der Waals surface area contributed by atoms with Gasteiger partial charge in [0.15, 0.2) is 0 Å². The van der Waals surface area contributed by atoms with Gasteiger partial charge in [0.2, 0.25) is 5.91 Å². The second-order valence-corrected chi connectivity index (χ2v) is 5.08. The van der Waals surface area contributed by atoms with Crippen LogP contribution in [0.2, 0.25) is 0 Å². The Morgan fingerprint density at radius 1 is 1.53 bits per heavy atom. The first-order valence-corrected chi connectivity index (χ1v) is 6.78. The molecular weight excluding hydrogens is 240 g/mol. The van der Waals surface area contributed by atoms with E-state index in [1.54, 1.807) is 7.11 Å². The molecule has 104 valence electrons. The molecule has 2 N–H and O–H groups in total. The number of carbonyl (C=O) groups excluding carboxylic acids is 1. The molecule has 4 heteroatoms. The number of hydrogen-bond acceptors (Lipinski definition) is 3. The van der Waals surface area contributed by atoms with Crippen LogP contribution in [0, 0.1) is 6.92 Å². The van der Waals surface area contributed by atoms with Crippen LogP contribution in [0.3, 0.4) is 0 Å². The highest BCUT2D eigenvalue weighted by Crippen LogP contribution is 2.28. The maximum atomic E-state index is 12.4. The third kappa shape index (κ3) is 3.14. The highest BCUT2D eigenvalue weighted by Gasteiger charge is 2.24. The molecule has 0 aromatic heterocycles. The first-order valence-electron chi connectivity index (χ1n) is 6.78. The van der Waals surface area contributed by atoms with Crippen molar-refractivity contribution in [1.82, 2.24) is 0 Å². The Morgan fingerprint density at radius 3 is 3.00 bits per heavy atom. The van der Waals surface area contributed by atoms with Crippen LogP contribution in [-0.4, -0.2) is 32.2 Å². The third-order valence-electron chi connectivity index (χ3n) is 3.66. The number of nitrogens with two attached hydrogens (primary N) is 1. The number of carbonyl (C=O) groups is 1. The van der Waals surface area contributed by atoms with Crippen molar-refractivity contribution in [2.45, 2.75) is 32.3 Å². The monoisotopic (exact) mass is 262 g/mol. The smallest absolute Gasteiger partial charge is 0.229 e. The van der Waals surface area contributed by atoms with E-state index in [4.69, 9.17) is 10.5 Å². The first-order chi connectivity index (χ1) is 9.15. The van der Waals surface area contributed by atoms with Gasteiger partial charge in [-0.15, -0.1) is 0 Å². The van der Waals surface area contributed by atoms with Gasteiger partial charge in [0.25, 0.3) is 0 Å². The minimum absolute atomic E-state index is 0.101. The van der Waals surface area contributed by atoms with E-state index in [1.165, 1.54) is 11.1 Å². The van der Waals surface area contributed by atoms with Crippen LogP contribution in [0.1, 0.15) is 24.0 Å². The Hall–Kier alpha value is -1.39. The molecule has 1 aliphatic heterocycles. The van der Waals surface area contributed by atoms with E-state index in [0.29, 0.717) is 13.0 Å². The Labute approximate surface area is 114 Å². The number of ether oxygens (including phenoxy) is 1. The molecule has 2 rings (SSSR count). The molecule has 1 aromatic carbocycles. The molecule has 1 unspecified atom stereocenters. The van der Waals surface area contributed by atoms with Crippen molar-refractivity contribution < 1.29 is 9.53 Å². The van der Waals surface area contributed by atoms with E-state index in [9.17, 15) is 4.79 Å². The number of nitrogens with zero attached hydrogens (tertiary/aromatic N) is 1. The van der Waals surface area contributed by atoms with Crippen molar-refractivity contribution in [2.24, 2.45) is 5.73 Å². The first kappa shape index (κ1) is 14.0. The summed E-state index contributed by atoms with van der Waals surface area (Å²) in [6.07, 6.45) is 2.22. The lowest BCUT2D eigenvalue weighted by molar-refractivity contribution is -0.120. The van der Waals surface area contributed by atoms with Gasteiger partial charge in [-0.25, -0.2) is 0 Å². The lowest BCUT2D eigenvalue weighted by Crippen LogP contribution is -2.39. The number of methoxy groups -OCH3 is 1. The molecule has 0 saturated heterocycles. The van der Waals surface area contributed by atoms with E-state index in [1.807, 2.05) is 4.90 Å². The van der Waals surface area contributed by atoms with Crippen molar-refractivity contribution in [3.05, 3.63) is 29.3 Å². The van der Waals surface area contributed by atoms with Crippen LogP contribution in [0.5, 0.6) is 0 Å². The lowest BCUT2D eigenvalue weighted by atomic mass is 9.99. The van der Waals surface area contributed by atoms with Crippen molar-refractivity contribution in [3.8, 4) is 0 Å². The van der Waals surface area contributed by atoms with E-state index in [0.717, 1.165) is 25.1 Å². The number of hydrogen-bond donors (Lipinski definition) is 1. The predicted octanol–water partition coefficient (Wildman–Crippen LogP) is 1.64. The quantitative estimate of drug-likeness (QED) is 0.897. The molecular formula is C15H22N2O2. The van der Waals surface area contributed by atoms with Gasteiger partial charge in [0, 0.05) is 25.9 Å². The molecule has 1 aromatic rings. The second-order valence-electron chi connectivity index (χ2n) is 5.08. The van der Waals surface area contributed by atoms with Crippen LogP contribution in [-0.2, 0) is 16.0 Å². The fraction of sp³-hybridized carbons (Fsp3) is 0.533. The molecule has 19 heavy (non-hydrogen) atoms. The van der Waals surface area contributed by atoms with Gasteiger partial charge < -0.3 is 15.4 Å². The van der Waals surface area contributed by atoms with E-state index < -0.39 is 0 Å². The fourth-order valence-corrected chi connectivity index (χ4v) is 2.51. The van der Waals surface area contributed by atoms with Crippen LogP contribution in [0.15, 0.2) is 18.2 Å². The summed E-state index contributed by atoms with van der Waals surface area (Å²) in [5, 5.41) is 0. The summed E-state index contributed by atoms with van der Waals surface area (Å²) in [4.78, 5) is 14.3. The SMILES string of the molecule is COC(CN)CC(=O)N1CCCc2ccc(C)cc21. The normalized spacial score (nSPS) is 16.1. The van der Waals surface area contributed by atoms with Gasteiger partial charge in [-0.3, -0.25) is 4.79 Å². The van der Waals surface area contributed by atoms with E-state index in [2.05, 4.69) is 25.1 Å². The zero-order valence-electron chi connectivity index (χ0n) is 11.7. The number of anilines is 1. The molecule has 0 aliphatic carbocycles. The number of amides is 1. The molecule has 0 fully saturated rings. The minimum Gasteiger partial charge on any atom is -0.380 e. The van der Waals surface area contributed by atoms with E-state index >= 15 is 0 Å². The zero-order chi connectivity index (χ0) is 13.8. The summed E-state index contributed by atoms with van der Waals surface area (Å²) < 4.78 is 5.20. The number of aryl methyl sites for hydroxylation is 2. The van der Waals surface area contributed by atoms with E-state index in [-0.39, 0.29) is 12.0 Å². The van der Waals surface area contributed by atoms with Gasteiger partial charge in [-0.1, -0.05) is 12.1 Å². The molecule has 1 amide bonds. The van der Waals surface area contributed by atoms with Gasteiger partial charge in [0.05, 0.1) is 12.5 Å².